The summed E-state index contributed by atoms with van der Waals surface area (Å²) in [6.45, 7) is 1.46. The van der Waals surface area contributed by atoms with E-state index in [1.165, 1.54) is 24.0 Å². The lowest BCUT2D eigenvalue weighted by Crippen LogP contribution is -2.31. The summed E-state index contributed by atoms with van der Waals surface area (Å²) in [4.78, 5) is 0. The van der Waals surface area contributed by atoms with Gasteiger partial charge in [0.2, 0.25) is 0 Å². The van der Waals surface area contributed by atoms with E-state index in [4.69, 9.17) is 4.74 Å². The lowest BCUT2D eigenvalue weighted by molar-refractivity contribution is 0.00458. The molecule has 0 aromatic heterocycles. The first-order chi connectivity index (χ1) is 8.83. The topological polar surface area (TPSA) is 41.5 Å². The Labute approximate surface area is 108 Å². The van der Waals surface area contributed by atoms with Crippen molar-refractivity contribution in [3.05, 3.63) is 35.4 Å². The molecular weight excluding hydrogens is 226 g/mol. The van der Waals surface area contributed by atoms with Crippen molar-refractivity contribution in [1.29, 1.82) is 0 Å². The Bertz CT molecular complexity index is 403. The molecule has 18 heavy (non-hydrogen) atoms. The largest absolute Gasteiger partial charge is 0.392 e. The number of rotatable bonds is 5. The predicted molar refractivity (Wildman–Crippen MR) is 70.5 cm³/mol. The molecule has 98 valence electrons. The maximum absolute atomic E-state index is 10.1. The zero-order valence-corrected chi connectivity index (χ0v) is 10.6. The molecule has 1 aliphatic carbocycles. The van der Waals surface area contributed by atoms with Gasteiger partial charge in [-0.15, -0.1) is 0 Å². The Balaban J connectivity index is 1.58. The quantitative estimate of drug-likeness (QED) is 0.833. The summed E-state index contributed by atoms with van der Waals surface area (Å²) in [6, 6.07) is 9.07. The summed E-state index contributed by atoms with van der Waals surface area (Å²) in [5, 5.41) is 13.4. The van der Waals surface area contributed by atoms with E-state index in [1.807, 2.05) is 0 Å². The highest BCUT2D eigenvalue weighted by molar-refractivity contribution is 5.30. The Morgan fingerprint density at radius 3 is 3.00 bits per heavy atom. The Kier molecular flexibility index (Phi) is 3.64. The van der Waals surface area contributed by atoms with E-state index in [-0.39, 0.29) is 12.2 Å². The Morgan fingerprint density at radius 2 is 2.17 bits per heavy atom. The monoisotopic (exact) mass is 247 g/mol. The number of fused-ring (bicyclic) bond motifs is 1. The van der Waals surface area contributed by atoms with Crippen LogP contribution in [-0.2, 0) is 11.2 Å². The molecule has 0 radical (unpaired) electrons. The number of ether oxygens (including phenoxy) is 1. The SMILES string of the molecule is OC(CNC1CC1)CC1OCCc2ccccc21. The summed E-state index contributed by atoms with van der Waals surface area (Å²) >= 11 is 0. The van der Waals surface area contributed by atoms with Crippen molar-refractivity contribution < 1.29 is 9.84 Å². The van der Waals surface area contributed by atoms with Crippen LogP contribution in [0.25, 0.3) is 0 Å². The normalized spacial score (nSPS) is 24.6. The van der Waals surface area contributed by atoms with Gasteiger partial charge in [-0.25, -0.2) is 0 Å². The third kappa shape index (κ3) is 2.91. The van der Waals surface area contributed by atoms with Gasteiger partial charge in [0.15, 0.2) is 0 Å². The maximum Gasteiger partial charge on any atom is 0.0852 e. The molecule has 1 heterocycles. The van der Waals surface area contributed by atoms with Crippen LogP contribution in [0, 0.1) is 0 Å². The average molecular weight is 247 g/mol. The molecule has 2 aliphatic rings. The van der Waals surface area contributed by atoms with Crippen molar-refractivity contribution in [2.24, 2.45) is 0 Å². The minimum Gasteiger partial charge on any atom is -0.392 e. The van der Waals surface area contributed by atoms with Gasteiger partial charge in [-0.2, -0.15) is 0 Å². The molecule has 1 saturated carbocycles. The zero-order valence-electron chi connectivity index (χ0n) is 10.6. The van der Waals surface area contributed by atoms with Crippen molar-refractivity contribution >= 4 is 0 Å². The summed E-state index contributed by atoms with van der Waals surface area (Å²) in [6.07, 6.45) is 3.94. The fraction of sp³-hybridized carbons (Fsp3) is 0.600. The van der Waals surface area contributed by atoms with Crippen LogP contribution in [0.2, 0.25) is 0 Å². The van der Waals surface area contributed by atoms with E-state index < -0.39 is 0 Å². The lowest BCUT2D eigenvalue weighted by atomic mass is 9.94. The van der Waals surface area contributed by atoms with Crippen LogP contribution in [0.3, 0.4) is 0 Å². The van der Waals surface area contributed by atoms with E-state index in [0.717, 1.165) is 13.0 Å². The van der Waals surface area contributed by atoms with Crippen LogP contribution in [0.5, 0.6) is 0 Å². The highest BCUT2D eigenvalue weighted by Gasteiger charge is 2.25. The molecule has 0 spiro atoms. The molecule has 0 amide bonds. The summed E-state index contributed by atoms with van der Waals surface area (Å²) in [5.74, 6) is 0. The summed E-state index contributed by atoms with van der Waals surface area (Å²) in [7, 11) is 0. The minimum absolute atomic E-state index is 0.0611. The number of hydrogen-bond acceptors (Lipinski definition) is 3. The fourth-order valence-electron chi connectivity index (χ4n) is 2.59. The summed E-state index contributed by atoms with van der Waals surface area (Å²) < 4.78 is 5.81. The maximum atomic E-state index is 10.1. The molecule has 2 unspecified atom stereocenters. The van der Waals surface area contributed by atoms with Gasteiger partial charge in [0.25, 0.3) is 0 Å². The van der Waals surface area contributed by atoms with Gasteiger partial charge < -0.3 is 15.2 Å². The van der Waals surface area contributed by atoms with Crippen LogP contribution in [-0.4, -0.2) is 30.4 Å². The van der Waals surface area contributed by atoms with Gasteiger partial charge in [0, 0.05) is 19.0 Å². The summed E-state index contributed by atoms with van der Waals surface area (Å²) in [5.41, 5.74) is 2.63. The zero-order chi connectivity index (χ0) is 12.4. The van der Waals surface area contributed by atoms with Crippen molar-refractivity contribution in [1.82, 2.24) is 5.32 Å². The first-order valence-corrected chi connectivity index (χ1v) is 6.94. The molecule has 1 aliphatic heterocycles. The second-order valence-electron chi connectivity index (χ2n) is 5.38. The fourth-order valence-corrected chi connectivity index (χ4v) is 2.59. The molecule has 1 aromatic rings. The predicted octanol–water partition coefficient (Wildman–Crippen LogP) is 1.80. The second kappa shape index (κ2) is 5.39. The van der Waals surface area contributed by atoms with Gasteiger partial charge in [-0.05, 0) is 30.4 Å². The van der Waals surface area contributed by atoms with Crippen molar-refractivity contribution in [3.8, 4) is 0 Å². The van der Waals surface area contributed by atoms with Crippen molar-refractivity contribution in [2.75, 3.05) is 13.2 Å². The average Bonchev–Trinajstić information content (AvgIpc) is 3.21. The first kappa shape index (κ1) is 12.2. The highest BCUT2D eigenvalue weighted by Crippen LogP contribution is 2.30. The lowest BCUT2D eigenvalue weighted by Gasteiger charge is -2.27. The molecule has 1 aromatic carbocycles. The second-order valence-corrected chi connectivity index (χ2v) is 5.38. The standard InChI is InChI=1S/C15H21NO2/c17-13(10-16-12-5-6-12)9-15-14-4-2-1-3-11(14)7-8-18-15/h1-4,12-13,15-17H,5-10H2. The molecule has 0 bridgehead atoms. The van der Waals surface area contributed by atoms with Crippen LogP contribution in [0.15, 0.2) is 24.3 Å². The van der Waals surface area contributed by atoms with Gasteiger partial charge >= 0.3 is 0 Å². The third-order valence-corrected chi connectivity index (χ3v) is 3.80. The van der Waals surface area contributed by atoms with Crippen LogP contribution in [0.1, 0.15) is 36.5 Å². The van der Waals surface area contributed by atoms with E-state index >= 15 is 0 Å². The van der Waals surface area contributed by atoms with Gasteiger partial charge in [-0.3, -0.25) is 0 Å². The first-order valence-electron chi connectivity index (χ1n) is 6.94. The number of aliphatic hydroxyl groups is 1. The molecule has 3 rings (SSSR count). The van der Waals surface area contributed by atoms with Crippen molar-refractivity contribution in [2.45, 2.75) is 43.9 Å². The van der Waals surface area contributed by atoms with Crippen molar-refractivity contribution in [3.63, 3.8) is 0 Å². The molecule has 2 N–H and O–H groups in total. The minimum atomic E-state index is -0.318. The molecule has 3 heteroatoms. The third-order valence-electron chi connectivity index (χ3n) is 3.80. The number of aliphatic hydroxyl groups excluding tert-OH is 1. The molecular formula is C15H21NO2. The van der Waals surface area contributed by atoms with E-state index in [1.54, 1.807) is 0 Å². The number of nitrogens with one attached hydrogen (secondary N) is 1. The number of hydrogen-bond donors (Lipinski definition) is 2. The molecule has 3 nitrogen and oxygen atoms in total. The van der Waals surface area contributed by atoms with Crippen LogP contribution < -0.4 is 5.32 Å². The molecule has 0 saturated heterocycles. The Morgan fingerprint density at radius 1 is 1.33 bits per heavy atom. The Hall–Kier alpha value is -0.900. The highest BCUT2D eigenvalue weighted by atomic mass is 16.5. The van der Waals surface area contributed by atoms with Gasteiger partial charge in [0.1, 0.15) is 0 Å². The van der Waals surface area contributed by atoms with Gasteiger partial charge in [-0.1, -0.05) is 24.3 Å². The van der Waals surface area contributed by atoms with E-state index in [0.29, 0.717) is 19.0 Å². The number of benzene rings is 1. The molecule has 1 fully saturated rings. The van der Waals surface area contributed by atoms with Crippen LogP contribution in [0.4, 0.5) is 0 Å². The van der Waals surface area contributed by atoms with Crippen LogP contribution >= 0.6 is 0 Å². The van der Waals surface area contributed by atoms with E-state index in [2.05, 4.69) is 29.6 Å². The van der Waals surface area contributed by atoms with Gasteiger partial charge in [0.05, 0.1) is 18.8 Å². The molecule has 2 atom stereocenters. The smallest absolute Gasteiger partial charge is 0.0852 e. The van der Waals surface area contributed by atoms with E-state index in [9.17, 15) is 5.11 Å².